The third-order valence-corrected chi connectivity index (χ3v) is 6.41. The molecule has 0 aliphatic carbocycles. The van der Waals surface area contributed by atoms with Crippen molar-refractivity contribution in [1.29, 1.82) is 5.41 Å². The lowest BCUT2D eigenvalue weighted by molar-refractivity contribution is -0.143. The predicted octanol–water partition coefficient (Wildman–Crippen LogP) is 3.74. The summed E-state index contributed by atoms with van der Waals surface area (Å²) in [5.74, 6) is -1.14. The first-order valence-corrected chi connectivity index (χ1v) is 13.6. The molecule has 2 amide bonds. The highest BCUT2D eigenvalue weighted by molar-refractivity contribution is 6.07. The number of aliphatic carboxylic acids is 1. The van der Waals surface area contributed by atoms with Crippen molar-refractivity contribution in [3.63, 3.8) is 0 Å². The Morgan fingerprint density at radius 3 is 2.42 bits per heavy atom. The van der Waals surface area contributed by atoms with Crippen LogP contribution in [0.3, 0.4) is 0 Å². The number of nitrogens with one attached hydrogen (secondary N) is 3. The normalized spacial score (nSPS) is 10.4. The summed E-state index contributed by atoms with van der Waals surface area (Å²) in [5.41, 5.74) is 2.95. The Hall–Kier alpha value is -5.50. The van der Waals surface area contributed by atoms with Gasteiger partial charge in [0.15, 0.2) is 6.61 Å². The predicted molar refractivity (Wildman–Crippen MR) is 168 cm³/mol. The number of alkyl carbamates (subject to hydrolysis) is 1. The van der Waals surface area contributed by atoms with Crippen LogP contribution in [0.15, 0.2) is 66.9 Å². The highest BCUT2D eigenvalue weighted by Crippen LogP contribution is 2.21. The number of pyridine rings is 1. The molecule has 0 aliphatic rings. The molecule has 4 aromatic rings. The highest BCUT2D eigenvalue weighted by atomic mass is 35.5. The number of hydrogen-bond acceptors (Lipinski definition) is 10. The third-order valence-electron chi connectivity index (χ3n) is 6.41. The number of halogens is 1. The number of aromatic nitrogens is 3. The van der Waals surface area contributed by atoms with Crippen molar-refractivity contribution in [1.82, 2.24) is 19.9 Å². The Morgan fingerprint density at radius 1 is 1.02 bits per heavy atom. The first-order chi connectivity index (χ1) is 21.2. The number of amidine groups is 1. The number of fused-ring (bicyclic) bond motifs is 1. The maximum absolute atomic E-state index is 13.6. The van der Waals surface area contributed by atoms with E-state index in [2.05, 4.69) is 20.4 Å². The Kier molecular flexibility index (Phi) is 12.0. The standard InChI is InChI=1S/C30H31N7O7.ClH/c1-3-43-27(40)13-15-37(24-6-4-5-14-32-24)29(41)20-9-12-23-22(16-20)34-25(36(23)2)17-33-21-10-7-19(8-11-21)28(31)35-30(42)44-18-26(38)39;/h4-12,14,16,33H,3,13,15,17-18H2,1-2H3,(H,38,39)(H2,31,35,42);1H. The van der Waals surface area contributed by atoms with Gasteiger partial charge in [-0.25, -0.2) is 19.6 Å². The number of esters is 1. The van der Waals surface area contributed by atoms with Crippen LogP contribution in [0, 0.1) is 5.41 Å². The van der Waals surface area contributed by atoms with Crippen LogP contribution in [0.25, 0.3) is 11.0 Å². The van der Waals surface area contributed by atoms with Crippen molar-refractivity contribution in [2.45, 2.75) is 19.9 Å². The zero-order chi connectivity index (χ0) is 31.6. The van der Waals surface area contributed by atoms with Crippen molar-refractivity contribution in [2.24, 2.45) is 7.05 Å². The zero-order valence-electron chi connectivity index (χ0n) is 24.5. The van der Waals surface area contributed by atoms with E-state index in [-0.39, 0.29) is 43.7 Å². The van der Waals surface area contributed by atoms with Crippen molar-refractivity contribution in [3.05, 3.63) is 83.8 Å². The molecule has 0 unspecified atom stereocenters. The molecular formula is C30H32ClN7O7. The van der Waals surface area contributed by atoms with Crippen molar-refractivity contribution < 1.29 is 33.8 Å². The molecule has 0 bridgehead atoms. The fourth-order valence-electron chi connectivity index (χ4n) is 4.24. The maximum atomic E-state index is 13.6. The summed E-state index contributed by atoms with van der Waals surface area (Å²) in [5, 5.41) is 22.0. The molecule has 15 heteroatoms. The third kappa shape index (κ3) is 9.00. The Balaban J connectivity index is 0.00000552. The van der Waals surface area contributed by atoms with Crippen LogP contribution in [-0.4, -0.2) is 69.2 Å². The van der Waals surface area contributed by atoms with Gasteiger partial charge in [0.2, 0.25) is 0 Å². The average molecular weight is 638 g/mol. The molecular weight excluding hydrogens is 606 g/mol. The molecule has 0 saturated carbocycles. The Morgan fingerprint density at radius 2 is 1.76 bits per heavy atom. The van der Waals surface area contributed by atoms with Gasteiger partial charge in [-0.15, -0.1) is 12.4 Å². The summed E-state index contributed by atoms with van der Waals surface area (Å²) in [6.07, 6.45) is 0.569. The van der Waals surface area contributed by atoms with Gasteiger partial charge in [0, 0.05) is 36.6 Å². The largest absolute Gasteiger partial charge is 0.479 e. The van der Waals surface area contributed by atoms with Gasteiger partial charge in [0.05, 0.1) is 30.6 Å². The molecule has 2 aromatic carbocycles. The molecule has 0 aliphatic heterocycles. The lowest BCUT2D eigenvalue weighted by Crippen LogP contribution is -2.34. The van der Waals surface area contributed by atoms with Gasteiger partial charge in [-0.3, -0.25) is 25.2 Å². The Labute approximate surface area is 264 Å². The molecule has 4 rings (SSSR count). The van der Waals surface area contributed by atoms with Gasteiger partial charge >= 0.3 is 18.0 Å². The topological polar surface area (TPSA) is 189 Å². The highest BCUT2D eigenvalue weighted by Gasteiger charge is 2.21. The van der Waals surface area contributed by atoms with Gasteiger partial charge in [0.25, 0.3) is 5.91 Å². The number of hydrogen-bond donors (Lipinski definition) is 4. The minimum atomic E-state index is -1.30. The molecule has 4 N–H and O–H groups in total. The second-order valence-corrected chi connectivity index (χ2v) is 9.39. The van der Waals surface area contributed by atoms with E-state index in [0.29, 0.717) is 34.8 Å². The fourth-order valence-corrected chi connectivity index (χ4v) is 4.24. The van der Waals surface area contributed by atoms with E-state index >= 15 is 0 Å². The second-order valence-electron chi connectivity index (χ2n) is 9.39. The van der Waals surface area contributed by atoms with Crippen LogP contribution in [0.4, 0.5) is 16.3 Å². The molecule has 0 fully saturated rings. The smallest absolute Gasteiger partial charge is 0.413 e. The number of anilines is 2. The summed E-state index contributed by atoms with van der Waals surface area (Å²) in [6, 6.07) is 17.1. The lowest BCUT2D eigenvalue weighted by atomic mass is 10.1. The average Bonchev–Trinajstić information content (AvgIpc) is 3.34. The van der Waals surface area contributed by atoms with E-state index in [0.717, 1.165) is 11.2 Å². The van der Waals surface area contributed by atoms with Gasteiger partial charge in [-0.1, -0.05) is 6.07 Å². The fraction of sp³-hybridized carbons (Fsp3) is 0.233. The minimum Gasteiger partial charge on any atom is -0.479 e. The van der Waals surface area contributed by atoms with Gasteiger partial charge in [-0.05, 0) is 61.5 Å². The van der Waals surface area contributed by atoms with Crippen LogP contribution >= 0.6 is 12.4 Å². The molecule has 14 nitrogen and oxygen atoms in total. The number of nitrogens with zero attached hydrogens (tertiary/aromatic N) is 4. The summed E-state index contributed by atoms with van der Waals surface area (Å²) < 4.78 is 11.4. The quantitative estimate of drug-likeness (QED) is 0.101. The van der Waals surface area contributed by atoms with Gasteiger partial charge in [0.1, 0.15) is 17.5 Å². The molecule has 2 aromatic heterocycles. The van der Waals surface area contributed by atoms with E-state index < -0.39 is 24.6 Å². The van der Waals surface area contributed by atoms with E-state index in [1.54, 1.807) is 67.7 Å². The molecule has 2 heterocycles. The molecule has 0 atom stereocenters. The molecule has 236 valence electrons. The maximum Gasteiger partial charge on any atom is 0.413 e. The monoisotopic (exact) mass is 637 g/mol. The van der Waals surface area contributed by atoms with Crippen LogP contribution in [-0.2, 0) is 32.7 Å². The van der Waals surface area contributed by atoms with Crippen molar-refractivity contribution in [3.8, 4) is 0 Å². The second kappa shape index (κ2) is 15.8. The van der Waals surface area contributed by atoms with E-state index in [1.807, 2.05) is 17.7 Å². The number of aryl methyl sites for hydroxylation is 1. The van der Waals surface area contributed by atoms with Crippen LogP contribution < -0.4 is 15.5 Å². The zero-order valence-corrected chi connectivity index (χ0v) is 25.3. The number of carboxylic acids is 1. The van der Waals surface area contributed by atoms with E-state index in [9.17, 15) is 19.2 Å². The SMILES string of the molecule is CCOC(=O)CCN(C(=O)c1ccc2c(c1)nc(CNc1ccc(C(=N)NC(=O)OCC(=O)O)cc1)n2C)c1ccccn1.Cl. The van der Waals surface area contributed by atoms with Crippen LogP contribution in [0.1, 0.15) is 35.1 Å². The van der Waals surface area contributed by atoms with E-state index in [1.165, 1.54) is 4.90 Å². The number of carboxylic acid groups (broad SMARTS) is 1. The summed E-state index contributed by atoms with van der Waals surface area (Å²) in [7, 11) is 1.87. The van der Waals surface area contributed by atoms with Gasteiger partial charge < -0.3 is 24.5 Å². The summed E-state index contributed by atoms with van der Waals surface area (Å²) in [6.45, 7) is 1.64. The van der Waals surface area contributed by atoms with Crippen molar-refractivity contribution >= 4 is 64.7 Å². The van der Waals surface area contributed by atoms with E-state index in [4.69, 9.17) is 20.2 Å². The van der Waals surface area contributed by atoms with Crippen molar-refractivity contribution in [2.75, 3.05) is 30.0 Å². The molecule has 45 heavy (non-hydrogen) atoms. The number of amides is 2. The Bertz CT molecular complexity index is 1680. The molecule has 0 spiro atoms. The molecule has 0 radical (unpaired) electrons. The van der Waals surface area contributed by atoms with Gasteiger partial charge in [-0.2, -0.15) is 0 Å². The minimum absolute atomic E-state index is 0. The van der Waals surface area contributed by atoms with Crippen LogP contribution in [0.5, 0.6) is 0 Å². The number of rotatable bonds is 12. The summed E-state index contributed by atoms with van der Waals surface area (Å²) in [4.78, 5) is 58.1. The number of carbonyl (C=O) groups excluding carboxylic acids is 3. The lowest BCUT2D eigenvalue weighted by Gasteiger charge is -2.21. The number of benzene rings is 2. The number of imidazole rings is 1. The summed E-state index contributed by atoms with van der Waals surface area (Å²) >= 11 is 0. The first-order valence-electron chi connectivity index (χ1n) is 13.6. The number of ether oxygens (including phenoxy) is 2. The van der Waals surface area contributed by atoms with Crippen LogP contribution in [0.2, 0.25) is 0 Å². The molecule has 0 saturated heterocycles. The first kappa shape index (κ1) is 34.0. The number of carbonyl (C=O) groups is 4.